The molecular weight excluding hydrogens is 590 g/mol. The molecule has 0 unspecified atom stereocenters. The van der Waals surface area contributed by atoms with Crippen molar-refractivity contribution in [2.24, 2.45) is 0 Å². The lowest BCUT2D eigenvalue weighted by atomic mass is 10.1. The summed E-state index contributed by atoms with van der Waals surface area (Å²) in [6.45, 7) is 4.93. The van der Waals surface area contributed by atoms with Gasteiger partial charge in [-0.05, 0) is 70.9 Å². The molecule has 2 aliphatic rings. The Bertz CT molecular complexity index is 1760. The van der Waals surface area contributed by atoms with Gasteiger partial charge in [0.25, 0.3) is 11.1 Å². The molecule has 0 spiro atoms. The second kappa shape index (κ2) is 13.9. The second-order valence-electron chi connectivity index (χ2n) is 10.5. The Labute approximate surface area is 265 Å². The molecule has 0 atom stereocenters. The smallest absolute Gasteiger partial charge is 0.294 e. The van der Waals surface area contributed by atoms with Crippen molar-refractivity contribution in [2.45, 2.75) is 13.5 Å². The second-order valence-corrected chi connectivity index (χ2v) is 11.5. The van der Waals surface area contributed by atoms with E-state index in [9.17, 15) is 14.4 Å². The van der Waals surface area contributed by atoms with E-state index < -0.39 is 17.1 Å². The Hall–Kier alpha value is -4.80. The number of imide groups is 1. The zero-order valence-corrected chi connectivity index (χ0v) is 25.7. The fourth-order valence-electron chi connectivity index (χ4n) is 5.36. The number of carbonyl (C=O) groups is 3. The van der Waals surface area contributed by atoms with Gasteiger partial charge in [0.1, 0.15) is 13.2 Å². The van der Waals surface area contributed by atoms with Crippen LogP contribution in [0, 0.1) is 0 Å². The Kier molecular flexibility index (Phi) is 9.33. The minimum absolute atomic E-state index is 0.230. The number of ether oxygens (including phenoxy) is 3. The molecule has 4 aromatic rings. The monoisotopic (exact) mass is 623 g/mol. The maximum Gasteiger partial charge on any atom is 0.294 e. The standard InChI is InChI=1S/C35H33N3O6S/c1-2-43-31-20-24(14-15-30(31)44-23-26-10-7-9-25-8-3-4-11-27(25)26)21-32-34(40)38(35(41)45-32)22-33(39)36-28-12-5-6-13-29(28)37-16-18-42-19-17-37/h3-15,20-21H,2,16-19,22-23H2,1H3,(H,36,39)/b32-21+. The van der Waals surface area contributed by atoms with E-state index in [-0.39, 0.29) is 11.4 Å². The fraction of sp³-hybridized carbons (Fsp3) is 0.229. The molecule has 4 aromatic carbocycles. The molecule has 3 amide bonds. The highest BCUT2D eigenvalue weighted by atomic mass is 32.2. The first-order valence-electron chi connectivity index (χ1n) is 14.8. The summed E-state index contributed by atoms with van der Waals surface area (Å²) in [7, 11) is 0. The molecule has 1 N–H and O–H groups in total. The average molecular weight is 624 g/mol. The molecule has 230 valence electrons. The number of hydrogen-bond acceptors (Lipinski definition) is 8. The van der Waals surface area contributed by atoms with Crippen LogP contribution in [0.2, 0.25) is 0 Å². The van der Waals surface area contributed by atoms with Gasteiger partial charge in [-0.3, -0.25) is 19.3 Å². The number of thioether (sulfide) groups is 1. The SMILES string of the molecule is CCOc1cc(/C=C2/SC(=O)N(CC(=O)Nc3ccccc3N3CCOCC3)C2=O)ccc1OCc1cccc2ccccc12. The van der Waals surface area contributed by atoms with Gasteiger partial charge < -0.3 is 24.4 Å². The molecule has 2 aliphatic heterocycles. The average Bonchev–Trinajstić information content (AvgIpc) is 3.32. The van der Waals surface area contributed by atoms with Crippen LogP contribution in [0.4, 0.5) is 16.2 Å². The lowest BCUT2D eigenvalue weighted by Gasteiger charge is -2.30. The minimum atomic E-state index is -0.518. The van der Waals surface area contributed by atoms with Gasteiger partial charge in [0.05, 0.1) is 36.1 Å². The van der Waals surface area contributed by atoms with Gasteiger partial charge in [0.2, 0.25) is 5.91 Å². The van der Waals surface area contributed by atoms with Gasteiger partial charge in [0.15, 0.2) is 11.5 Å². The highest BCUT2D eigenvalue weighted by Crippen LogP contribution is 2.35. The molecule has 2 heterocycles. The summed E-state index contributed by atoms with van der Waals surface area (Å²) in [5.41, 5.74) is 3.23. The van der Waals surface area contributed by atoms with E-state index in [2.05, 4.69) is 28.4 Å². The Morgan fingerprint density at radius 1 is 0.933 bits per heavy atom. The first-order chi connectivity index (χ1) is 22.0. The summed E-state index contributed by atoms with van der Waals surface area (Å²) < 4.78 is 17.5. The summed E-state index contributed by atoms with van der Waals surface area (Å²) >= 11 is 0.807. The summed E-state index contributed by atoms with van der Waals surface area (Å²) in [4.78, 5) is 42.4. The number of anilines is 2. The van der Waals surface area contributed by atoms with Crippen molar-refractivity contribution in [3.05, 3.63) is 101 Å². The third kappa shape index (κ3) is 6.97. The summed E-state index contributed by atoms with van der Waals surface area (Å²) in [5, 5.41) is 4.64. The number of benzene rings is 4. The first-order valence-corrected chi connectivity index (χ1v) is 15.6. The quantitative estimate of drug-likeness (QED) is 0.205. The van der Waals surface area contributed by atoms with Crippen LogP contribution in [0.5, 0.6) is 11.5 Å². The van der Waals surface area contributed by atoms with E-state index in [1.165, 1.54) is 0 Å². The summed E-state index contributed by atoms with van der Waals surface area (Å²) in [6, 6.07) is 27.1. The van der Waals surface area contributed by atoms with Gasteiger partial charge in [-0.25, -0.2) is 0 Å². The van der Waals surface area contributed by atoms with Crippen molar-refractivity contribution in [1.29, 1.82) is 0 Å². The zero-order chi connectivity index (χ0) is 31.2. The van der Waals surface area contributed by atoms with Crippen molar-refractivity contribution in [1.82, 2.24) is 4.90 Å². The topological polar surface area (TPSA) is 97.4 Å². The number of nitrogens with zero attached hydrogens (tertiary/aromatic N) is 2. The van der Waals surface area contributed by atoms with E-state index in [0.29, 0.717) is 62.3 Å². The Balaban J connectivity index is 1.13. The van der Waals surface area contributed by atoms with Crippen molar-refractivity contribution < 1.29 is 28.6 Å². The van der Waals surface area contributed by atoms with Crippen LogP contribution < -0.4 is 19.7 Å². The minimum Gasteiger partial charge on any atom is -0.490 e. The van der Waals surface area contributed by atoms with Gasteiger partial charge in [-0.15, -0.1) is 0 Å². The molecule has 0 radical (unpaired) electrons. The predicted octanol–water partition coefficient (Wildman–Crippen LogP) is 6.33. The highest BCUT2D eigenvalue weighted by molar-refractivity contribution is 8.18. The predicted molar refractivity (Wildman–Crippen MR) is 177 cm³/mol. The third-order valence-corrected chi connectivity index (χ3v) is 8.44. The molecule has 2 saturated heterocycles. The van der Waals surface area contributed by atoms with Gasteiger partial charge >= 0.3 is 0 Å². The molecule has 9 nitrogen and oxygen atoms in total. The summed E-state index contributed by atoms with van der Waals surface area (Å²) in [5.74, 6) is 0.134. The molecule has 0 bridgehead atoms. The number of nitrogens with one attached hydrogen (secondary N) is 1. The lowest BCUT2D eigenvalue weighted by molar-refractivity contribution is -0.127. The van der Waals surface area contributed by atoms with E-state index in [1.807, 2.05) is 61.5 Å². The molecule has 6 rings (SSSR count). The molecule has 0 aromatic heterocycles. The fourth-order valence-corrected chi connectivity index (χ4v) is 6.19. The molecule has 2 fully saturated rings. The van der Waals surface area contributed by atoms with E-state index in [0.717, 1.165) is 38.7 Å². The van der Waals surface area contributed by atoms with Crippen LogP contribution in [0.1, 0.15) is 18.1 Å². The number of rotatable bonds is 10. The van der Waals surface area contributed by atoms with Gasteiger partial charge in [-0.2, -0.15) is 0 Å². The maximum absolute atomic E-state index is 13.2. The number of fused-ring (bicyclic) bond motifs is 1. The molecule has 0 aliphatic carbocycles. The van der Waals surface area contributed by atoms with Gasteiger partial charge in [0, 0.05) is 13.1 Å². The normalized spacial score (nSPS) is 16.0. The molecule has 0 saturated carbocycles. The largest absolute Gasteiger partial charge is 0.490 e. The van der Waals surface area contributed by atoms with Gasteiger partial charge in [-0.1, -0.05) is 60.7 Å². The van der Waals surface area contributed by atoms with Crippen molar-refractivity contribution in [3.8, 4) is 11.5 Å². The first kappa shape index (κ1) is 30.2. The van der Waals surface area contributed by atoms with Crippen molar-refractivity contribution >= 4 is 57.0 Å². The van der Waals surface area contributed by atoms with E-state index >= 15 is 0 Å². The Morgan fingerprint density at radius 2 is 1.71 bits per heavy atom. The number of hydrogen-bond donors (Lipinski definition) is 1. The Morgan fingerprint density at radius 3 is 2.56 bits per heavy atom. The van der Waals surface area contributed by atoms with Crippen LogP contribution in [-0.4, -0.2) is 61.4 Å². The maximum atomic E-state index is 13.2. The van der Waals surface area contributed by atoms with Crippen molar-refractivity contribution in [3.63, 3.8) is 0 Å². The zero-order valence-electron chi connectivity index (χ0n) is 24.9. The molecule has 10 heteroatoms. The van der Waals surface area contributed by atoms with E-state index in [4.69, 9.17) is 14.2 Å². The van der Waals surface area contributed by atoms with Crippen LogP contribution in [0.3, 0.4) is 0 Å². The van der Waals surface area contributed by atoms with Crippen LogP contribution in [-0.2, 0) is 20.9 Å². The summed E-state index contributed by atoms with van der Waals surface area (Å²) in [6.07, 6.45) is 1.63. The number of amides is 3. The van der Waals surface area contributed by atoms with Crippen molar-refractivity contribution in [2.75, 3.05) is 49.7 Å². The third-order valence-electron chi connectivity index (χ3n) is 7.53. The lowest BCUT2D eigenvalue weighted by Crippen LogP contribution is -2.38. The molecule has 45 heavy (non-hydrogen) atoms. The highest BCUT2D eigenvalue weighted by Gasteiger charge is 2.36. The number of morpholine rings is 1. The number of para-hydroxylation sites is 2. The number of carbonyl (C=O) groups excluding carboxylic acids is 3. The van der Waals surface area contributed by atoms with Crippen LogP contribution in [0.25, 0.3) is 16.8 Å². The van der Waals surface area contributed by atoms with Crippen LogP contribution in [0.15, 0.2) is 89.8 Å². The van der Waals surface area contributed by atoms with E-state index in [1.54, 1.807) is 18.2 Å². The molecular formula is C35H33N3O6S. The van der Waals surface area contributed by atoms with Crippen LogP contribution >= 0.6 is 11.8 Å².